The van der Waals surface area contributed by atoms with E-state index >= 15 is 0 Å². The Morgan fingerprint density at radius 1 is 0.870 bits per heavy atom. The first-order chi connectivity index (χ1) is 11.1. The third-order valence-electron chi connectivity index (χ3n) is 4.04. The number of Topliss-reactive ketones (excluding diaryl/α,β-unsaturated/α-hetero) is 1. The molecule has 3 nitrogen and oxygen atoms in total. The maximum Gasteiger partial charge on any atom is 0.336 e. The van der Waals surface area contributed by atoms with Gasteiger partial charge in [-0.1, -0.05) is 55.5 Å². The topological polar surface area (TPSA) is 54.4 Å². The van der Waals surface area contributed by atoms with E-state index in [4.69, 9.17) is 0 Å². The van der Waals surface area contributed by atoms with Crippen LogP contribution in [0.2, 0.25) is 0 Å². The molecule has 0 unspecified atom stereocenters. The normalized spacial score (nSPS) is 10.5. The maximum atomic E-state index is 11.7. The lowest BCUT2D eigenvalue weighted by molar-refractivity contribution is -0.118. The van der Waals surface area contributed by atoms with Crippen LogP contribution in [0.15, 0.2) is 48.5 Å². The molecule has 0 heterocycles. The number of ketones is 1. The molecule has 1 N–H and O–H groups in total. The Balaban J connectivity index is 2.18. The van der Waals surface area contributed by atoms with E-state index in [1.807, 2.05) is 55.5 Å². The molecule has 0 aliphatic heterocycles. The summed E-state index contributed by atoms with van der Waals surface area (Å²) >= 11 is 0. The van der Waals surface area contributed by atoms with E-state index in [2.05, 4.69) is 0 Å². The fourth-order valence-corrected chi connectivity index (χ4v) is 2.72. The summed E-state index contributed by atoms with van der Waals surface area (Å²) < 4.78 is 0. The zero-order chi connectivity index (χ0) is 16.7. The third kappa shape index (κ3) is 4.78. The SMILES string of the molecule is CCC(=O)CCc1cccc(CCc2ccccc2)c1C(=O)O. The highest BCUT2D eigenvalue weighted by atomic mass is 16.4. The van der Waals surface area contributed by atoms with Crippen molar-refractivity contribution in [2.75, 3.05) is 0 Å². The van der Waals surface area contributed by atoms with Gasteiger partial charge in [-0.3, -0.25) is 4.79 Å². The molecule has 0 aliphatic carbocycles. The zero-order valence-corrected chi connectivity index (χ0v) is 13.4. The van der Waals surface area contributed by atoms with Crippen molar-refractivity contribution in [3.05, 3.63) is 70.8 Å². The van der Waals surface area contributed by atoms with Crippen LogP contribution < -0.4 is 0 Å². The second kappa shape index (κ2) is 8.28. The predicted octanol–water partition coefficient (Wildman–Crippen LogP) is 4.08. The summed E-state index contributed by atoms with van der Waals surface area (Å²) in [5, 5.41) is 9.58. The highest BCUT2D eigenvalue weighted by Gasteiger charge is 2.15. The monoisotopic (exact) mass is 310 g/mol. The van der Waals surface area contributed by atoms with Gasteiger partial charge in [0.05, 0.1) is 5.56 Å². The van der Waals surface area contributed by atoms with Crippen molar-refractivity contribution in [3.8, 4) is 0 Å². The average Bonchev–Trinajstić information content (AvgIpc) is 2.58. The Kier molecular flexibility index (Phi) is 6.10. The van der Waals surface area contributed by atoms with Gasteiger partial charge in [-0.05, 0) is 36.0 Å². The van der Waals surface area contributed by atoms with Crippen molar-refractivity contribution in [3.63, 3.8) is 0 Å². The molecule has 0 radical (unpaired) electrons. The number of carboxylic acids is 1. The first kappa shape index (κ1) is 16.9. The molecule has 0 fully saturated rings. The van der Waals surface area contributed by atoms with E-state index in [0.717, 1.165) is 17.5 Å². The van der Waals surface area contributed by atoms with E-state index in [0.29, 0.717) is 31.2 Å². The molecule has 2 aromatic carbocycles. The van der Waals surface area contributed by atoms with Crippen molar-refractivity contribution < 1.29 is 14.7 Å². The lowest BCUT2D eigenvalue weighted by Crippen LogP contribution is -2.10. The van der Waals surface area contributed by atoms with Crippen LogP contribution in [-0.4, -0.2) is 16.9 Å². The smallest absolute Gasteiger partial charge is 0.336 e. The number of carbonyl (C=O) groups is 2. The van der Waals surface area contributed by atoms with Crippen LogP contribution in [0.5, 0.6) is 0 Å². The van der Waals surface area contributed by atoms with Gasteiger partial charge >= 0.3 is 5.97 Å². The van der Waals surface area contributed by atoms with Crippen LogP contribution in [0.3, 0.4) is 0 Å². The van der Waals surface area contributed by atoms with E-state index < -0.39 is 5.97 Å². The molecule has 0 aliphatic rings. The van der Waals surface area contributed by atoms with Crippen LogP contribution in [0.4, 0.5) is 0 Å². The Morgan fingerprint density at radius 2 is 1.52 bits per heavy atom. The molecule has 2 aromatic rings. The van der Waals surface area contributed by atoms with Crippen LogP contribution in [0.25, 0.3) is 0 Å². The number of aryl methyl sites for hydroxylation is 3. The Labute approximate surface area is 137 Å². The molecular weight excluding hydrogens is 288 g/mol. The van der Waals surface area contributed by atoms with Crippen molar-refractivity contribution in [2.24, 2.45) is 0 Å². The lowest BCUT2D eigenvalue weighted by Gasteiger charge is -2.11. The minimum atomic E-state index is -0.910. The number of carbonyl (C=O) groups excluding carboxylic acids is 1. The highest BCUT2D eigenvalue weighted by molar-refractivity contribution is 5.91. The summed E-state index contributed by atoms with van der Waals surface area (Å²) in [6, 6.07) is 15.6. The molecule has 23 heavy (non-hydrogen) atoms. The van der Waals surface area contributed by atoms with Crippen molar-refractivity contribution in [1.29, 1.82) is 0 Å². The van der Waals surface area contributed by atoms with Crippen LogP contribution >= 0.6 is 0 Å². The predicted molar refractivity (Wildman–Crippen MR) is 90.9 cm³/mol. The van der Waals surface area contributed by atoms with Gasteiger partial charge in [0.2, 0.25) is 0 Å². The Bertz CT molecular complexity index is 675. The van der Waals surface area contributed by atoms with Crippen molar-refractivity contribution in [2.45, 2.75) is 39.0 Å². The number of hydrogen-bond donors (Lipinski definition) is 1. The van der Waals surface area contributed by atoms with Gasteiger partial charge in [0, 0.05) is 12.8 Å². The molecule has 0 amide bonds. The van der Waals surface area contributed by atoms with E-state index in [-0.39, 0.29) is 5.78 Å². The summed E-state index contributed by atoms with van der Waals surface area (Å²) in [6.45, 7) is 1.83. The number of rotatable bonds is 8. The molecule has 0 atom stereocenters. The van der Waals surface area contributed by atoms with Crippen molar-refractivity contribution >= 4 is 11.8 Å². The second-order valence-corrected chi connectivity index (χ2v) is 5.63. The van der Waals surface area contributed by atoms with Crippen LogP contribution in [0.1, 0.15) is 46.8 Å². The van der Waals surface area contributed by atoms with Gasteiger partial charge in [-0.2, -0.15) is 0 Å². The molecule has 0 saturated carbocycles. The molecular formula is C20H22O3. The second-order valence-electron chi connectivity index (χ2n) is 5.63. The van der Waals surface area contributed by atoms with Gasteiger partial charge in [-0.25, -0.2) is 4.79 Å². The maximum absolute atomic E-state index is 11.7. The van der Waals surface area contributed by atoms with Gasteiger partial charge in [0.1, 0.15) is 5.78 Å². The number of hydrogen-bond acceptors (Lipinski definition) is 2. The van der Waals surface area contributed by atoms with Crippen LogP contribution in [-0.2, 0) is 24.1 Å². The summed E-state index contributed by atoms with van der Waals surface area (Å²) in [6.07, 6.45) is 2.88. The number of benzene rings is 2. The van der Waals surface area contributed by atoms with Gasteiger partial charge < -0.3 is 5.11 Å². The fraction of sp³-hybridized carbons (Fsp3) is 0.300. The first-order valence-electron chi connectivity index (χ1n) is 8.01. The number of carboxylic acid groups (broad SMARTS) is 1. The van der Waals surface area contributed by atoms with Gasteiger partial charge in [0.25, 0.3) is 0 Å². The summed E-state index contributed by atoms with van der Waals surface area (Å²) in [5.74, 6) is -0.747. The first-order valence-corrected chi connectivity index (χ1v) is 8.01. The lowest BCUT2D eigenvalue weighted by atomic mass is 9.93. The summed E-state index contributed by atoms with van der Waals surface area (Å²) in [7, 11) is 0. The summed E-state index contributed by atoms with van der Waals surface area (Å²) in [5.41, 5.74) is 3.15. The average molecular weight is 310 g/mol. The molecule has 120 valence electrons. The standard InChI is InChI=1S/C20H22O3/c1-2-18(21)14-13-17-10-6-9-16(19(17)20(22)23)12-11-15-7-4-3-5-8-15/h3-10H,2,11-14H2,1H3,(H,22,23). The quantitative estimate of drug-likeness (QED) is 0.799. The fourth-order valence-electron chi connectivity index (χ4n) is 2.72. The minimum Gasteiger partial charge on any atom is -0.478 e. The zero-order valence-electron chi connectivity index (χ0n) is 13.4. The molecule has 3 heteroatoms. The van der Waals surface area contributed by atoms with Crippen molar-refractivity contribution in [1.82, 2.24) is 0 Å². The van der Waals surface area contributed by atoms with E-state index in [9.17, 15) is 14.7 Å². The number of aromatic carboxylic acids is 1. The highest BCUT2D eigenvalue weighted by Crippen LogP contribution is 2.19. The van der Waals surface area contributed by atoms with E-state index in [1.54, 1.807) is 0 Å². The Morgan fingerprint density at radius 3 is 2.13 bits per heavy atom. The minimum absolute atomic E-state index is 0.163. The van der Waals surface area contributed by atoms with E-state index in [1.165, 1.54) is 5.56 Å². The third-order valence-corrected chi connectivity index (χ3v) is 4.04. The molecule has 0 aromatic heterocycles. The van der Waals surface area contributed by atoms with Gasteiger partial charge in [0.15, 0.2) is 0 Å². The van der Waals surface area contributed by atoms with Crippen LogP contribution in [0, 0.1) is 0 Å². The summed E-state index contributed by atoms with van der Waals surface area (Å²) in [4.78, 5) is 23.2. The molecule has 2 rings (SSSR count). The molecule has 0 spiro atoms. The molecule has 0 bridgehead atoms. The van der Waals surface area contributed by atoms with Gasteiger partial charge in [-0.15, -0.1) is 0 Å². The molecule has 0 saturated heterocycles. The Hall–Kier alpha value is -2.42. The largest absolute Gasteiger partial charge is 0.478 e.